The van der Waals surface area contributed by atoms with Crippen LogP contribution in [-0.4, -0.2) is 23.6 Å². The fraction of sp³-hybridized carbons (Fsp3) is 0.0800. The molecule has 6 nitrogen and oxygen atoms in total. The maximum Gasteiger partial charge on any atom is 0.271 e. The molecule has 166 valence electrons. The van der Waals surface area contributed by atoms with Crippen LogP contribution in [-0.2, 0) is 9.59 Å². The summed E-state index contributed by atoms with van der Waals surface area (Å²) in [5, 5.41) is 11.0. The zero-order valence-corrected chi connectivity index (χ0v) is 18.5. The molecule has 3 aromatic rings. The number of aryl methyl sites for hydroxylation is 1. The first-order valence-corrected chi connectivity index (χ1v) is 10.9. The van der Waals surface area contributed by atoms with E-state index in [2.05, 4.69) is 5.32 Å². The van der Waals surface area contributed by atoms with Gasteiger partial charge in [0.25, 0.3) is 11.8 Å². The molecule has 3 aromatic carbocycles. The van der Waals surface area contributed by atoms with Gasteiger partial charge in [-0.05, 0) is 67.2 Å². The number of rotatable bonds is 6. The molecule has 33 heavy (non-hydrogen) atoms. The molecule has 0 saturated carbocycles. The standard InChI is InChI=1S/C25H20FN3O3S/c1-16-6-12-20(13-7-16)29-24(31)22(33-25(29)27)14-17-4-2-3-5-21(17)32-15-23(30)28-19-10-8-18(26)9-11-19/h2-14,27H,15H2,1H3,(H,28,30)/b22-14-,27-25?. The molecule has 0 bridgehead atoms. The number of hydrogen-bond acceptors (Lipinski definition) is 5. The number of nitrogens with one attached hydrogen (secondary N) is 2. The summed E-state index contributed by atoms with van der Waals surface area (Å²) in [6, 6.07) is 19.9. The monoisotopic (exact) mass is 461 g/mol. The van der Waals surface area contributed by atoms with E-state index < -0.39 is 5.91 Å². The molecule has 1 heterocycles. The van der Waals surface area contributed by atoms with Crippen molar-refractivity contribution in [2.75, 3.05) is 16.8 Å². The lowest BCUT2D eigenvalue weighted by molar-refractivity contribution is -0.118. The number of carbonyl (C=O) groups is 2. The van der Waals surface area contributed by atoms with Crippen LogP contribution < -0.4 is 15.0 Å². The molecule has 4 rings (SSSR count). The lowest BCUT2D eigenvalue weighted by Gasteiger charge is -2.14. The molecule has 1 aliphatic rings. The summed E-state index contributed by atoms with van der Waals surface area (Å²) in [5.74, 6) is -0.659. The normalized spacial score (nSPS) is 14.6. The van der Waals surface area contributed by atoms with Crippen LogP contribution in [0.1, 0.15) is 11.1 Å². The molecule has 0 radical (unpaired) electrons. The van der Waals surface area contributed by atoms with Crippen molar-refractivity contribution in [1.29, 1.82) is 5.41 Å². The van der Waals surface area contributed by atoms with E-state index in [1.807, 2.05) is 31.2 Å². The van der Waals surface area contributed by atoms with Crippen LogP contribution in [0.5, 0.6) is 5.75 Å². The van der Waals surface area contributed by atoms with Gasteiger partial charge in [0.2, 0.25) is 0 Å². The molecule has 0 spiro atoms. The van der Waals surface area contributed by atoms with Crippen molar-refractivity contribution in [3.05, 3.63) is 94.6 Å². The predicted molar refractivity (Wildman–Crippen MR) is 129 cm³/mol. The van der Waals surface area contributed by atoms with Crippen molar-refractivity contribution >= 4 is 46.2 Å². The molecule has 0 atom stereocenters. The average molecular weight is 462 g/mol. The van der Waals surface area contributed by atoms with Gasteiger partial charge in [-0.2, -0.15) is 0 Å². The lowest BCUT2D eigenvalue weighted by atomic mass is 10.1. The fourth-order valence-corrected chi connectivity index (χ4v) is 4.01. The minimum atomic E-state index is -0.400. The quantitative estimate of drug-likeness (QED) is 0.494. The van der Waals surface area contributed by atoms with Gasteiger partial charge in [-0.15, -0.1) is 0 Å². The van der Waals surface area contributed by atoms with Crippen molar-refractivity contribution in [2.24, 2.45) is 0 Å². The Labute approximate surface area is 194 Å². The maximum atomic E-state index is 13.0. The number of hydrogen-bond donors (Lipinski definition) is 2. The van der Waals surface area contributed by atoms with E-state index >= 15 is 0 Å². The van der Waals surface area contributed by atoms with Crippen LogP contribution in [0.15, 0.2) is 77.7 Å². The zero-order valence-electron chi connectivity index (χ0n) is 17.7. The number of amidine groups is 1. The number of carbonyl (C=O) groups excluding carboxylic acids is 2. The minimum Gasteiger partial charge on any atom is -0.483 e. The lowest BCUT2D eigenvalue weighted by Crippen LogP contribution is -2.28. The first kappa shape index (κ1) is 22.3. The second-order valence-corrected chi connectivity index (χ2v) is 8.30. The summed E-state index contributed by atoms with van der Waals surface area (Å²) in [7, 11) is 0. The van der Waals surface area contributed by atoms with E-state index in [-0.39, 0.29) is 23.5 Å². The van der Waals surface area contributed by atoms with Crippen LogP contribution in [0.25, 0.3) is 6.08 Å². The average Bonchev–Trinajstić information content (AvgIpc) is 3.08. The molecule has 8 heteroatoms. The number of anilines is 2. The Bertz CT molecular complexity index is 1240. The van der Waals surface area contributed by atoms with Gasteiger partial charge in [-0.3, -0.25) is 19.9 Å². The first-order valence-electron chi connectivity index (χ1n) is 10.1. The SMILES string of the molecule is Cc1ccc(N2C(=N)S/C(=C\c3ccccc3OCC(=O)Nc3ccc(F)cc3)C2=O)cc1. The summed E-state index contributed by atoms with van der Waals surface area (Å²) in [4.78, 5) is 26.9. The Morgan fingerprint density at radius 2 is 1.79 bits per heavy atom. The summed E-state index contributed by atoms with van der Waals surface area (Å²) >= 11 is 1.07. The largest absolute Gasteiger partial charge is 0.483 e. The Balaban J connectivity index is 1.47. The number of halogens is 1. The molecule has 0 unspecified atom stereocenters. The van der Waals surface area contributed by atoms with Crippen LogP contribution in [0, 0.1) is 18.2 Å². The highest BCUT2D eigenvalue weighted by Gasteiger charge is 2.33. The first-order chi connectivity index (χ1) is 15.9. The maximum absolute atomic E-state index is 13.0. The second-order valence-electron chi connectivity index (χ2n) is 7.27. The van der Waals surface area contributed by atoms with Gasteiger partial charge in [0.05, 0.1) is 10.6 Å². The Kier molecular flexibility index (Phi) is 6.55. The summed E-state index contributed by atoms with van der Waals surface area (Å²) in [5.41, 5.74) is 2.77. The van der Waals surface area contributed by atoms with Crippen molar-refractivity contribution in [1.82, 2.24) is 0 Å². The van der Waals surface area contributed by atoms with E-state index in [0.29, 0.717) is 27.6 Å². The van der Waals surface area contributed by atoms with Gasteiger partial charge in [0, 0.05) is 11.3 Å². The van der Waals surface area contributed by atoms with Gasteiger partial charge >= 0.3 is 0 Å². The van der Waals surface area contributed by atoms with E-state index in [0.717, 1.165) is 17.3 Å². The third kappa shape index (κ3) is 5.30. The summed E-state index contributed by atoms with van der Waals surface area (Å²) < 4.78 is 18.7. The highest BCUT2D eigenvalue weighted by atomic mass is 32.2. The van der Waals surface area contributed by atoms with Crippen LogP contribution in [0.4, 0.5) is 15.8 Å². The minimum absolute atomic E-state index is 0.118. The highest BCUT2D eigenvalue weighted by molar-refractivity contribution is 8.19. The number of para-hydroxylation sites is 1. The molecule has 1 fully saturated rings. The smallest absolute Gasteiger partial charge is 0.271 e. The van der Waals surface area contributed by atoms with E-state index in [1.54, 1.807) is 30.3 Å². The van der Waals surface area contributed by atoms with E-state index in [4.69, 9.17) is 10.1 Å². The molecule has 1 aliphatic heterocycles. The third-order valence-electron chi connectivity index (χ3n) is 4.81. The van der Waals surface area contributed by atoms with Crippen molar-refractivity contribution in [3.63, 3.8) is 0 Å². The number of amides is 2. The van der Waals surface area contributed by atoms with E-state index in [1.165, 1.54) is 29.2 Å². The van der Waals surface area contributed by atoms with Gasteiger partial charge in [-0.25, -0.2) is 4.39 Å². The summed E-state index contributed by atoms with van der Waals surface area (Å²) in [6.07, 6.45) is 1.66. The molecule has 0 aliphatic carbocycles. The molecule has 0 aromatic heterocycles. The molecule has 2 amide bonds. The van der Waals surface area contributed by atoms with Crippen molar-refractivity contribution < 1.29 is 18.7 Å². The highest BCUT2D eigenvalue weighted by Crippen LogP contribution is 2.36. The van der Waals surface area contributed by atoms with Crippen LogP contribution >= 0.6 is 11.8 Å². The molecule has 2 N–H and O–H groups in total. The zero-order chi connectivity index (χ0) is 23.4. The number of nitrogens with zero attached hydrogens (tertiary/aromatic N) is 1. The fourth-order valence-electron chi connectivity index (χ4n) is 3.16. The van der Waals surface area contributed by atoms with Crippen LogP contribution in [0.2, 0.25) is 0 Å². The number of ether oxygens (including phenoxy) is 1. The van der Waals surface area contributed by atoms with Crippen molar-refractivity contribution in [2.45, 2.75) is 6.92 Å². The summed E-state index contributed by atoms with van der Waals surface area (Å²) in [6.45, 7) is 1.70. The Hall–Kier alpha value is -3.91. The molecular formula is C25H20FN3O3S. The van der Waals surface area contributed by atoms with Gasteiger partial charge in [0.1, 0.15) is 11.6 Å². The van der Waals surface area contributed by atoms with Gasteiger partial charge in [0.15, 0.2) is 11.8 Å². The third-order valence-corrected chi connectivity index (χ3v) is 5.70. The van der Waals surface area contributed by atoms with E-state index in [9.17, 15) is 14.0 Å². The van der Waals surface area contributed by atoms with Crippen LogP contribution in [0.3, 0.4) is 0 Å². The predicted octanol–water partition coefficient (Wildman–Crippen LogP) is 5.21. The number of thioether (sulfide) groups is 1. The van der Waals surface area contributed by atoms with Crippen molar-refractivity contribution in [3.8, 4) is 5.75 Å². The Morgan fingerprint density at radius 3 is 2.52 bits per heavy atom. The van der Waals surface area contributed by atoms with Gasteiger partial charge in [-0.1, -0.05) is 35.9 Å². The molecule has 1 saturated heterocycles. The topological polar surface area (TPSA) is 82.5 Å². The Morgan fingerprint density at radius 1 is 1.09 bits per heavy atom. The number of benzene rings is 3. The second kappa shape index (κ2) is 9.70. The molecular weight excluding hydrogens is 441 g/mol. The van der Waals surface area contributed by atoms with Gasteiger partial charge < -0.3 is 10.1 Å².